The molecule has 21 heavy (non-hydrogen) atoms. The highest BCUT2D eigenvalue weighted by atomic mass is 16.2. The van der Waals surface area contributed by atoms with Crippen LogP contribution in [0.5, 0.6) is 0 Å². The summed E-state index contributed by atoms with van der Waals surface area (Å²) in [4.78, 5) is 14.3. The molecule has 0 bridgehead atoms. The lowest BCUT2D eigenvalue weighted by molar-refractivity contribution is 0.102. The maximum absolute atomic E-state index is 12.3. The van der Waals surface area contributed by atoms with Crippen LogP contribution in [0.15, 0.2) is 6.33 Å². The molecule has 3 rings (SSSR count). The Morgan fingerprint density at radius 3 is 2.95 bits per heavy atom. The second-order valence-corrected chi connectivity index (χ2v) is 6.23. The van der Waals surface area contributed by atoms with Crippen molar-refractivity contribution in [2.24, 2.45) is 11.8 Å². The Labute approximate surface area is 125 Å². The molecule has 1 saturated carbocycles. The lowest BCUT2D eigenvalue weighted by atomic mass is 9.75. The normalized spacial score (nSPS) is 25.5. The van der Waals surface area contributed by atoms with Crippen molar-refractivity contribution in [2.75, 3.05) is 13.1 Å². The van der Waals surface area contributed by atoms with Crippen LogP contribution in [0.25, 0.3) is 0 Å². The van der Waals surface area contributed by atoms with E-state index < -0.39 is 0 Å². The number of aromatic nitrogens is 3. The zero-order chi connectivity index (χ0) is 14.7. The predicted octanol–water partition coefficient (Wildman–Crippen LogP) is 2.02. The minimum atomic E-state index is 0.0460. The maximum atomic E-state index is 12.3. The minimum absolute atomic E-state index is 0.0460. The van der Waals surface area contributed by atoms with Crippen LogP contribution in [0.2, 0.25) is 0 Å². The van der Waals surface area contributed by atoms with Crippen LogP contribution in [-0.4, -0.2) is 38.8 Å². The van der Waals surface area contributed by atoms with Gasteiger partial charge in [0.05, 0.1) is 6.54 Å². The zero-order valence-electron chi connectivity index (χ0n) is 12.8. The van der Waals surface area contributed by atoms with Crippen molar-refractivity contribution in [2.45, 2.75) is 52.1 Å². The number of hydrogen-bond donors (Lipinski definition) is 1. The molecule has 1 saturated heterocycles. The first-order valence-corrected chi connectivity index (χ1v) is 8.17. The first-order valence-electron chi connectivity index (χ1n) is 8.17. The lowest BCUT2D eigenvalue weighted by Crippen LogP contribution is -2.48. The van der Waals surface area contributed by atoms with Crippen molar-refractivity contribution < 1.29 is 4.79 Å². The van der Waals surface area contributed by atoms with Gasteiger partial charge in [0, 0.05) is 19.6 Å². The molecular formula is C15H25N5O. The van der Waals surface area contributed by atoms with E-state index >= 15 is 0 Å². The zero-order valence-corrected chi connectivity index (χ0v) is 12.8. The molecule has 1 aliphatic carbocycles. The van der Waals surface area contributed by atoms with Crippen molar-refractivity contribution in [3.63, 3.8) is 0 Å². The summed E-state index contributed by atoms with van der Waals surface area (Å²) in [6.45, 7) is 5.15. The number of hydrogen-bond acceptors (Lipinski definition) is 3. The quantitative estimate of drug-likeness (QED) is 0.926. The van der Waals surface area contributed by atoms with E-state index in [0.29, 0.717) is 6.54 Å². The molecular weight excluding hydrogens is 266 g/mol. The van der Waals surface area contributed by atoms with Crippen LogP contribution >= 0.6 is 0 Å². The number of piperidine rings is 1. The Hall–Kier alpha value is -1.59. The number of urea groups is 1. The number of nitrogens with zero attached hydrogens (tertiary/aromatic N) is 4. The molecule has 1 aliphatic heterocycles. The van der Waals surface area contributed by atoms with Gasteiger partial charge in [0.15, 0.2) is 5.82 Å². The summed E-state index contributed by atoms with van der Waals surface area (Å²) in [6, 6.07) is 0.0460. The summed E-state index contributed by atoms with van der Waals surface area (Å²) < 4.78 is 1.95. The van der Waals surface area contributed by atoms with E-state index in [1.807, 2.05) is 16.4 Å². The number of carbonyl (C=O) groups excluding carboxylic acids is 1. The van der Waals surface area contributed by atoms with Crippen LogP contribution < -0.4 is 5.32 Å². The Kier molecular flexibility index (Phi) is 4.41. The van der Waals surface area contributed by atoms with Gasteiger partial charge in [0.2, 0.25) is 0 Å². The van der Waals surface area contributed by atoms with E-state index in [2.05, 4.69) is 15.5 Å². The van der Waals surface area contributed by atoms with E-state index in [1.165, 1.54) is 32.1 Å². The molecule has 1 N–H and O–H groups in total. The second-order valence-electron chi connectivity index (χ2n) is 6.23. The Morgan fingerprint density at radius 2 is 2.14 bits per heavy atom. The van der Waals surface area contributed by atoms with Gasteiger partial charge >= 0.3 is 6.03 Å². The summed E-state index contributed by atoms with van der Waals surface area (Å²) in [7, 11) is 0. The molecule has 2 aliphatic rings. The smallest absolute Gasteiger partial charge is 0.317 e. The fourth-order valence-corrected chi connectivity index (χ4v) is 3.73. The van der Waals surface area contributed by atoms with Gasteiger partial charge in [-0.15, -0.1) is 10.2 Å². The highest BCUT2D eigenvalue weighted by Crippen LogP contribution is 2.35. The van der Waals surface area contributed by atoms with Crippen LogP contribution in [0.4, 0.5) is 4.79 Å². The van der Waals surface area contributed by atoms with Crippen molar-refractivity contribution in [3.8, 4) is 0 Å². The van der Waals surface area contributed by atoms with Crippen molar-refractivity contribution in [3.05, 3.63) is 12.2 Å². The number of carbonyl (C=O) groups is 1. The molecule has 0 unspecified atom stereocenters. The second kappa shape index (κ2) is 6.45. The highest BCUT2D eigenvalue weighted by Gasteiger charge is 2.32. The standard InChI is InChI=1S/C15H25N5O/c1-2-19-11-17-18-14(19)9-16-15(21)20-8-7-12-5-3-4-6-13(12)10-20/h11-13H,2-10H2,1H3,(H,16,21)/t12-,13+/m0/s1. The van der Waals surface area contributed by atoms with Crippen LogP contribution in [0.1, 0.15) is 44.9 Å². The first kappa shape index (κ1) is 14.4. The van der Waals surface area contributed by atoms with E-state index in [-0.39, 0.29) is 6.03 Å². The number of likely N-dealkylation sites (tertiary alicyclic amines) is 1. The van der Waals surface area contributed by atoms with Crippen LogP contribution in [0, 0.1) is 11.8 Å². The maximum Gasteiger partial charge on any atom is 0.317 e. The monoisotopic (exact) mass is 291 g/mol. The average Bonchev–Trinajstić information content (AvgIpc) is 2.99. The van der Waals surface area contributed by atoms with Gasteiger partial charge in [-0.2, -0.15) is 0 Å². The lowest BCUT2D eigenvalue weighted by Gasteiger charge is -2.41. The van der Waals surface area contributed by atoms with E-state index in [4.69, 9.17) is 0 Å². The van der Waals surface area contributed by atoms with Crippen molar-refractivity contribution in [1.82, 2.24) is 25.0 Å². The highest BCUT2D eigenvalue weighted by molar-refractivity contribution is 5.74. The SMILES string of the molecule is CCn1cnnc1CNC(=O)N1CC[C@@H]2CCCC[C@@H]2C1. The number of nitrogens with one attached hydrogen (secondary N) is 1. The van der Waals surface area contributed by atoms with Crippen LogP contribution in [-0.2, 0) is 13.1 Å². The van der Waals surface area contributed by atoms with Gasteiger partial charge in [-0.05, 0) is 31.6 Å². The third kappa shape index (κ3) is 3.19. The molecule has 1 aromatic heterocycles. The fraction of sp³-hybridized carbons (Fsp3) is 0.800. The largest absolute Gasteiger partial charge is 0.331 e. The molecule has 2 fully saturated rings. The van der Waals surface area contributed by atoms with E-state index in [0.717, 1.165) is 37.3 Å². The third-order valence-electron chi connectivity index (χ3n) is 5.01. The average molecular weight is 291 g/mol. The van der Waals surface area contributed by atoms with Gasteiger partial charge in [0.1, 0.15) is 6.33 Å². The summed E-state index contributed by atoms with van der Waals surface area (Å²) in [5.41, 5.74) is 0. The Balaban J connectivity index is 1.51. The van der Waals surface area contributed by atoms with E-state index in [1.54, 1.807) is 6.33 Å². The number of aryl methyl sites for hydroxylation is 1. The van der Waals surface area contributed by atoms with Gasteiger partial charge in [-0.25, -0.2) is 4.79 Å². The molecule has 1 aromatic rings. The molecule has 0 radical (unpaired) electrons. The molecule has 2 heterocycles. The Bertz CT molecular complexity index is 486. The molecule has 0 spiro atoms. The van der Waals surface area contributed by atoms with Crippen LogP contribution in [0.3, 0.4) is 0 Å². The van der Waals surface area contributed by atoms with E-state index in [9.17, 15) is 4.79 Å². The summed E-state index contributed by atoms with van der Waals surface area (Å²) in [6.07, 6.45) is 8.23. The third-order valence-corrected chi connectivity index (χ3v) is 5.01. The van der Waals surface area contributed by atoms with Gasteiger partial charge in [-0.1, -0.05) is 19.3 Å². The van der Waals surface area contributed by atoms with Gasteiger partial charge in [0.25, 0.3) is 0 Å². The number of amides is 2. The minimum Gasteiger partial charge on any atom is -0.331 e. The topological polar surface area (TPSA) is 63.1 Å². The van der Waals surface area contributed by atoms with Gasteiger partial charge < -0.3 is 14.8 Å². The Morgan fingerprint density at radius 1 is 1.33 bits per heavy atom. The van der Waals surface area contributed by atoms with Crippen molar-refractivity contribution in [1.29, 1.82) is 0 Å². The molecule has 0 aromatic carbocycles. The first-order chi connectivity index (χ1) is 10.3. The molecule has 2 amide bonds. The molecule has 6 nitrogen and oxygen atoms in total. The molecule has 2 atom stereocenters. The van der Waals surface area contributed by atoms with Crippen molar-refractivity contribution >= 4 is 6.03 Å². The fourth-order valence-electron chi connectivity index (χ4n) is 3.73. The predicted molar refractivity (Wildman–Crippen MR) is 79.6 cm³/mol. The molecule has 6 heteroatoms. The number of rotatable bonds is 3. The molecule has 116 valence electrons. The van der Waals surface area contributed by atoms with Gasteiger partial charge in [-0.3, -0.25) is 0 Å². The summed E-state index contributed by atoms with van der Waals surface area (Å²) >= 11 is 0. The summed E-state index contributed by atoms with van der Waals surface area (Å²) in [5, 5.41) is 10.9. The summed E-state index contributed by atoms with van der Waals surface area (Å²) in [5.74, 6) is 2.39. The number of fused-ring (bicyclic) bond motifs is 1.